The van der Waals surface area contributed by atoms with E-state index in [0.29, 0.717) is 5.75 Å². The lowest BCUT2D eigenvalue weighted by Gasteiger charge is -2.16. The highest BCUT2D eigenvalue weighted by Gasteiger charge is 2.14. The zero-order valence-electron chi connectivity index (χ0n) is 14.6. The predicted octanol–water partition coefficient (Wildman–Crippen LogP) is 3.98. The lowest BCUT2D eigenvalue weighted by molar-refractivity contribution is -0.119. The number of thioether (sulfide) groups is 1. The molecular formula is C19H22N4OS. The first-order valence-electron chi connectivity index (χ1n) is 8.35. The van der Waals surface area contributed by atoms with Crippen LogP contribution < -0.4 is 5.32 Å². The number of amides is 1. The smallest absolute Gasteiger partial charge is 0.230 e. The molecule has 130 valence electrons. The van der Waals surface area contributed by atoms with Crippen LogP contribution in [0.1, 0.15) is 38.4 Å². The molecule has 1 atom stereocenters. The van der Waals surface area contributed by atoms with Gasteiger partial charge in [0.15, 0.2) is 5.16 Å². The van der Waals surface area contributed by atoms with Gasteiger partial charge in [-0.25, -0.2) is 0 Å². The quantitative estimate of drug-likeness (QED) is 0.680. The topological polar surface area (TPSA) is 59.8 Å². The lowest BCUT2D eigenvalue weighted by Crippen LogP contribution is -2.28. The van der Waals surface area contributed by atoms with Gasteiger partial charge in [0.05, 0.1) is 11.8 Å². The minimum atomic E-state index is -0.0535. The van der Waals surface area contributed by atoms with E-state index < -0.39 is 0 Å². The highest BCUT2D eigenvalue weighted by Crippen LogP contribution is 2.24. The number of nitrogens with one attached hydrogen (secondary N) is 1. The third kappa shape index (κ3) is 4.02. The Balaban J connectivity index is 1.65. The summed E-state index contributed by atoms with van der Waals surface area (Å²) in [6.45, 7) is 6.15. The Morgan fingerprint density at radius 1 is 1.16 bits per heavy atom. The summed E-state index contributed by atoms with van der Waals surface area (Å²) in [7, 11) is 0. The van der Waals surface area contributed by atoms with Crippen LogP contribution in [0.5, 0.6) is 0 Å². The molecule has 0 aliphatic heterocycles. The number of rotatable bonds is 6. The fourth-order valence-corrected chi connectivity index (χ4v) is 3.66. The van der Waals surface area contributed by atoms with Crippen LogP contribution in [0.4, 0.5) is 0 Å². The molecule has 3 aromatic rings. The van der Waals surface area contributed by atoms with Gasteiger partial charge in [0.1, 0.15) is 6.33 Å². The monoisotopic (exact) mass is 354 g/mol. The molecule has 3 rings (SSSR count). The van der Waals surface area contributed by atoms with Crippen molar-refractivity contribution < 1.29 is 4.79 Å². The van der Waals surface area contributed by atoms with E-state index in [1.165, 1.54) is 22.5 Å². The summed E-state index contributed by atoms with van der Waals surface area (Å²) < 4.78 is 1.96. The minimum absolute atomic E-state index is 0.0104. The van der Waals surface area contributed by atoms with Crippen LogP contribution in [0.25, 0.3) is 10.8 Å². The van der Waals surface area contributed by atoms with Crippen molar-refractivity contribution in [2.75, 3.05) is 5.75 Å². The lowest BCUT2D eigenvalue weighted by atomic mass is 10.00. The molecule has 25 heavy (non-hydrogen) atoms. The maximum absolute atomic E-state index is 12.3. The normalized spacial score (nSPS) is 12.5. The van der Waals surface area contributed by atoms with E-state index in [-0.39, 0.29) is 18.0 Å². The second-order valence-corrected chi connectivity index (χ2v) is 7.20. The third-order valence-electron chi connectivity index (χ3n) is 4.10. The molecule has 6 heteroatoms. The first kappa shape index (κ1) is 17.5. The Labute approximate surface area is 151 Å². The molecule has 0 bridgehead atoms. The van der Waals surface area contributed by atoms with Crippen LogP contribution in [0.15, 0.2) is 53.9 Å². The van der Waals surface area contributed by atoms with Gasteiger partial charge in [-0.05, 0) is 37.1 Å². The Bertz CT molecular complexity index is 869. The van der Waals surface area contributed by atoms with Gasteiger partial charge < -0.3 is 9.88 Å². The van der Waals surface area contributed by atoms with Gasteiger partial charge in [-0.1, -0.05) is 54.2 Å². The highest BCUT2D eigenvalue weighted by atomic mass is 32.2. The summed E-state index contributed by atoms with van der Waals surface area (Å²) in [6, 6.07) is 14.6. The molecule has 1 unspecified atom stereocenters. The molecule has 0 saturated heterocycles. The Kier molecular flexibility index (Phi) is 5.38. The molecule has 0 aliphatic rings. The minimum Gasteiger partial charge on any atom is -0.349 e. The van der Waals surface area contributed by atoms with E-state index in [0.717, 1.165) is 10.7 Å². The number of aromatic nitrogens is 3. The van der Waals surface area contributed by atoms with Crippen molar-refractivity contribution in [1.29, 1.82) is 0 Å². The zero-order chi connectivity index (χ0) is 17.8. The molecule has 0 saturated carbocycles. The van der Waals surface area contributed by atoms with Crippen LogP contribution >= 0.6 is 11.8 Å². The number of fused-ring (bicyclic) bond motifs is 1. The standard InChI is InChI=1S/C19H22N4OS/c1-13(2)23-12-20-22-19(23)25-11-18(24)21-14(3)16-10-6-8-15-7-4-5-9-17(15)16/h4-10,12-14H,11H2,1-3H3,(H,21,24). The fraction of sp³-hybridized carbons (Fsp3) is 0.316. The number of carbonyl (C=O) groups is 1. The van der Waals surface area contributed by atoms with E-state index in [9.17, 15) is 4.79 Å². The molecule has 0 fully saturated rings. The van der Waals surface area contributed by atoms with Crippen LogP contribution in [-0.4, -0.2) is 26.4 Å². The number of benzene rings is 2. The molecule has 1 aromatic heterocycles. The summed E-state index contributed by atoms with van der Waals surface area (Å²) in [5, 5.41) is 14.2. The van der Waals surface area contributed by atoms with Gasteiger partial charge >= 0.3 is 0 Å². The maximum atomic E-state index is 12.3. The molecule has 2 aromatic carbocycles. The molecule has 1 heterocycles. The summed E-state index contributed by atoms with van der Waals surface area (Å²) in [4.78, 5) is 12.3. The SMILES string of the molecule is CC(NC(=O)CSc1nncn1C(C)C)c1cccc2ccccc12. The summed E-state index contributed by atoms with van der Waals surface area (Å²) in [5.41, 5.74) is 1.13. The zero-order valence-corrected chi connectivity index (χ0v) is 15.5. The van der Waals surface area contributed by atoms with Gasteiger partial charge in [0.2, 0.25) is 5.91 Å². The van der Waals surface area contributed by atoms with Crippen molar-refractivity contribution in [3.05, 3.63) is 54.4 Å². The van der Waals surface area contributed by atoms with Gasteiger partial charge in [0.25, 0.3) is 0 Å². The molecular weight excluding hydrogens is 332 g/mol. The fourth-order valence-electron chi connectivity index (χ4n) is 2.81. The second-order valence-electron chi connectivity index (χ2n) is 6.26. The average Bonchev–Trinajstić information content (AvgIpc) is 3.08. The van der Waals surface area contributed by atoms with Crippen molar-refractivity contribution >= 4 is 28.4 Å². The van der Waals surface area contributed by atoms with E-state index in [1.807, 2.05) is 29.7 Å². The van der Waals surface area contributed by atoms with Crippen molar-refractivity contribution in [1.82, 2.24) is 20.1 Å². The van der Waals surface area contributed by atoms with E-state index in [2.05, 4.69) is 53.6 Å². The predicted molar refractivity (Wildman–Crippen MR) is 102 cm³/mol. The van der Waals surface area contributed by atoms with Crippen molar-refractivity contribution in [2.24, 2.45) is 0 Å². The first-order valence-corrected chi connectivity index (χ1v) is 9.34. The Morgan fingerprint density at radius 2 is 1.92 bits per heavy atom. The van der Waals surface area contributed by atoms with Gasteiger partial charge in [-0.15, -0.1) is 10.2 Å². The first-order chi connectivity index (χ1) is 12.1. The van der Waals surface area contributed by atoms with Gasteiger partial charge in [0, 0.05) is 6.04 Å². The van der Waals surface area contributed by atoms with Crippen LogP contribution in [0, 0.1) is 0 Å². The number of carbonyl (C=O) groups excluding carboxylic acids is 1. The summed E-state index contributed by atoms with van der Waals surface area (Å²) >= 11 is 1.41. The van der Waals surface area contributed by atoms with Crippen molar-refractivity contribution in [3.8, 4) is 0 Å². The maximum Gasteiger partial charge on any atom is 0.230 e. The van der Waals surface area contributed by atoms with E-state index in [4.69, 9.17) is 0 Å². The molecule has 0 radical (unpaired) electrons. The van der Waals surface area contributed by atoms with E-state index in [1.54, 1.807) is 6.33 Å². The molecule has 1 N–H and O–H groups in total. The summed E-state index contributed by atoms with van der Waals surface area (Å²) in [6.07, 6.45) is 1.70. The molecule has 0 spiro atoms. The second kappa shape index (κ2) is 7.70. The van der Waals surface area contributed by atoms with Crippen LogP contribution in [0.3, 0.4) is 0 Å². The van der Waals surface area contributed by atoms with Crippen molar-refractivity contribution in [3.63, 3.8) is 0 Å². The molecule has 5 nitrogen and oxygen atoms in total. The van der Waals surface area contributed by atoms with E-state index >= 15 is 0 Å². The Hall–Kier alpha value is -2.34. The van der Waals surface area contributed by atoms with Gasteiger partial charge in [-0.2, -0.15) is 0 Å². The molecule has 1 amide bonds. The van der Waals surface area contributed by atoms with Crippen LogP contribution in [-0.2, 0) is 4.79 Å². The number of hydrogen-bond acceptors (Lipinski definition) is 4. The Morgan fingerprint density at radius 3 is 2.72 bits per heavy atom. The summed E-state index contributed by atoms with van der Waals surface area (Å²) in [5.74, 6) is 0.310. The highest BCUT2D eigenvalue weighted by molar-refractivity contribution is 7.99. The number of hydrogen-bond donors (Lipinski definition) is 1. The average molecular weight is 354 g/mol. The molecule has 0 aliphatic carbocycles. The largest absolute Gasteiger partial charge is 0.349 e. The third-order valence-corrected chi connectivity index (χ3v) is 5.05. The van der Waals surface area contributed by atoms with Crippen LogP contribution in [0.2, 0.25) is 0 Å². The number of nitrogens with zero attached hydrogens (tertiary/aromatic N) is 3. The van der Waals surface area contributed by atoms with Gasteiger partial charge in [-0.3, -0.25) is 4.79 Å². The van der Waals surface area contributed by atoms with Crippen molar-refractivity contribution in [2.45, 2.75) is 38.0 Å².